The van der Waals surface area contributed by atoms with Gasteiger partial charge in [-0.2, -0.15) is 5.26 Å². The number of halogens is 2. The molecule has 1 amide bonds. The number of esters is 1. The number of carbonyl (C=O) groups is 2. The molecule has 1 aromatic carbocycles. The number of nitriles is 1. The summed E-state index contributed by atoms with van der Waals surface area (Å²) in [6.45, 7) is 3.37. The third-order valence-corrected chi connectivity index (χ3v) is 5.23. The predicted molar refractivity (Wildman–Crippen MR) is 109 cm³/mol. The molecule has 0 aliphatic heterocycles. The van der Waals surface area contributed by atoms with Crippen LogP contribution in [0.3, 0.4) is 0 Å². The van der Waals surface area contributed by atoms with Crippen LogP contribution in [-0.2, 0) is 16.1 Å². The van der Waals surface area contributed by atoms with Crippen molar-refractivity contribution in [2.75, 3.05) is 11.9 Å². The van der Waals surface area contributed by atoms with E-state index >= 15 is 0 Å². The average Bonchev–Trinajstić information content (AvgIpc) is 3.29. The first-order valence-corrected chi connectivity index (χ1v) is 9.65. The Kier molecular flexibility index (Phi) is 6.37. The van der Waals surface area contributed by atoms with Gasteiger partial charge in [0.1, 0.15) is 23.5 Å². The Morgan fingerprint density at radius 3 is 2.73 bits per heavy atom. The zero-order chi connectivity index (χ0) is 21.8. The lowest BCUT2D eigenvalue weighted by Gasteiger charge is -2.12. The van der Waals surface area contributed by atoms with Crippen LogP contribution in [0.2, 0.25) is 0 Å². The zero-order valence-electron chi connectivity index (χ0n) is 16.2. The molecule has 30 heavy (non-hydrogen) atoms. The first kappa shape index (κ1) is 21.3. The second-order valence-corrected chi connectivity index (χ2v) is 7.31. The van der Waals surface area contributed by atoms with Crippen LogP contribution in [0.15, 0.2) is 45.5 Å². The van der Waals surface area contributed by atoms with E-state index in [4.69, 9.17) is 9.15 Å². The molecule has 0 saturated carbocycles. The first-order valence-electron chi connectivity index (χ1n) is 8.86. The molecule has 0 bridgehead atoms. The summed E-state index contributed by atoms with van der Waals surface area (Å²) in [7, 11) is 0. The van der Waals surface area contributed by atoms with Crippen molar-refractivity contribution in [1.82, 2.24) is 4.57 Å². The average molecular weight is 474 g/mol. The maximum atomic E-state index is 13.2. The highest BCUT2D eigenvalue weighted by atomic mass is 79.9. The Morgan fingerprint density at radius 1 is 1.33 bits per heavy atom. The molecule has 0 fully saturated rings. The van der Waals surface area contributed by atoms with Gasteiger partial charge in [0.25, 0.3) is 5.91 Å². The molecule has 0 unspecified atom stereocenters. The van der Waals surface area contributed by atoms with E-state index in [0.717, 1.165) is 23.4 Å². The zero-order valence-corrected chi connectivity index (χ0v) is 17.7. The van der Waals surface area contributed by atoms with E-state index in [0.29, 0.717) is 23.7 Å². The minimum atomic E-state index is -0.782. The summed E-state index contributed by atoms with van der Waals surface area (Å²) in [5.74, 6) is -0.955. The van der Waals surface area contributed by atoms with E-state index in [9.17, 15) is 19.2 Å². The van der Waals surface area contributed by atoms with Gasteiger partial charge < -0.3 is 19.0 Å². The Morgan fingerprint density at radius 2 is 2.10 bits per heavy atom. The molecular formula is C21H17BrFN3O4. The maximum Gasteiger partial charge on any atom is 0.339 e. The number of rotatable bonds is 6. The number of amides is 1. The Labute approximate surface area is 180 Å². The van der Waals surface area contributed by atoms with Gasteiger partial charge >= 0.3 is 5.97 Å². The molecule has 0 atom stereocenters. The summed E-state index contributed by atoms with van der Waals surface area (Å²) in [5.41, 5.74) is 1.94. The standard InChI is InChI=1S/C21H17BrFN3O4/c1-12-13(2)26(10-15-4-3-7-29-15)20(17(12)9-24)25-19(27)11-30-21(28)16-6-5-14(23)8-18(16)22/h3-8H,10-11H2,1-2H3,(H,25,27). The fourth-order valence-corrected chi connectivity index (χ4v) is 3.43. The molecule has 2 aromatic heterocycles. The van der Waals surface area contributed by atoms with Gasteiger partial charge in [-0.3, -0.25) is 4.79 Å². The fourth-order valence-electron chi connectivity index (χ4n) is 2.92. The van der Waals surface area contributed by atoms with E-state index < -0.39 is 24.3 Å². The van der Waals surface area contributed by atoms with E-state index in [1.165, 1.54) is 12.3 Å². The van der Waals surface area contributed by atoms with Crippen molar-refractivity contribution >= 4 is 33.6 Å². The highest BCUT2D eigenvalue weighted by molar-refractivity contribution is 9.10. The summed E-state index contributed by atoms with van der Waals surface area (Å²) in [6.07, 6.45) is 1.54. The van der Waals surface area contributed by atoms with Gasteiger partial charge in [-0.25, -0.2) is 9.18 Å². The van der Waals surface area contributed by atoms with Gasteiger partial charge in [-0.05, 0) is 65.7 Å². The van der Waals surface area contributed by atoms with Crippen molar-refractivity contribution in [2.45, 2.75) is 20.4 Å². The summed E-state index contributed by atoms with van der Waals surface area (Å²) < 4.78 is 25.5. The Bertz CT molecular complexity index is 1150. The number of aromatic nitrogens is 1. The van der Waals surface area contributed by atoms with Gasteiger partial charge in [0.05, 0.1) is 23.9 Å². The van der Waals surface area contributed by atoms with Crippen LogP contribution < -0.4 is 5.32 Å². The number of hydrogen-bond donors (Lipinski definition) is 1. The SMILES string of the molecule is Cc1c(C#N)c(NC(=O)COC(=O)c2ccc(F)cc2Br)n(Cc2ccco2)c1C. The smallest absolute Gasteiger partial charge is 0.339 e. The van der Waals surface area contributed by atoms with Crippen molar-refractivity contribution < 1.29 is 23.1 Å². The van der Waals surface area contributed by atoms with Crippen molar-refractivity contribution in [3.05, 3.63) is 75.0 Å². The molecular weight excluding hydrogens is 457 g/mol. The predicted octanol–water partition coefficient (Wildman–Crippen LogP) is 4.32. The largest absolute Gasteiger partial charge is 0.467 e. The minimum Gasteiger partial charge on any atom is -0.467 e. The molecule has 3 aromatic rings. The number of hydrogen-bond acceptors (Lipinski definition) is 5. The summed E-state index contributed by atoms with van der Waals surface area (Å²) in [4.78, 5) is 24.6. The molecule has 0 aliphatic carbocycles. The molecule has 7 nitrogen and oxygen atoms in total. The molecule has 1 N–H and O–H groups in total. The van der Waals surface area contributed by atoms with Crippen molar-refractivity contribution in [2.24, 2.45) is 0 Å². The van der Waals surface area contributed by atoms with Crippen molar-refractivity contribution in [1.29, 1.82) is 5.26 Å². The number of carbonyl (C=O) groups excluding carboxylic acids is 2. The lowest BCUT2D eigenvalue weighted by molar-refractivity contribution is -0.119. The molecule has 9 heteroatoms. The summed E-state index contributed by atoms with van der Waals surface area (Å²) >= 11 is 3.09. The van der Waals surface area contributed by atoms with Gasteiger partial charge in [0.15, 0.2) is 6.61 Å². The van der Waals surface area contributed by atoms with Crippen molar-refractivity contribution in [3.8, 4) is 6.07 Å². The topological polar surface area (TPSA) is 97.3 Å². The van der Waals surface area contributed by atoms with Crippen LogP contribution in [0, 0.1) is 31.0 Å². The third kappa shape index (κ3) is 4.44. The molecule has 2 heterocycles. The maximum absolute atomic E-state index is 13.2. The highest BCUT2D eigenvalue weighted by Crippen LogP contribution is 2.27. The van der Waals surface area contributed by atoms with Crippen LogP contribution in [0.4, 0.5) is 10.2 Å². The third-order valence-electron chi connectivity index (χ3n) is 4.58. The number of nitrogens with zero attached hydrogens (tertiary/aromatic N) is 2. The van der Waals surface area contributed by atoms with E-state index in [-0.39, 0.29) is 10.0 Å². The number of nitrogens with one attached hydrogen (secondary N) is 1. The van der Waals surface area contributed by atoms with Crippen molar-refractivity contribution in [3.63, 3.8) is 0 Å². The number of ether oxygens (including phenoxy) is 1. The van der Waals surface area contributed by atoms with Crippen LogP contribution in [-0.4, -0.2) is 23.1 Å². The molecule has 0 saturated heterocycles. The van der Waals surface area contributed by atoms with Gasteiger partial charge in [0, 0.05) is 10.2 Å². The van der Waals surface area contributed by atoms with Crippen LogP contribution >= 0.6 is 15.9 Å². The summed E-state index contributed by atoms with van der Waals surface area (Å²) in [5, 5.41) is 12.2. The van der Waals surface area contributed by atoms with Crippen LogP contribution in [0.25, 0.3) is 0 Å². The second kappa shape index (κ2) is 8.97. The van der Waals surface area contributed by atoms with E-state index in [2.05, 4.69) is 27.3 Å². The van der Waals surface area contributed by atoms with Crippen LogP contribution in [0.5, 0.6) is 0 Å². The molecule has 0 radical (unpaired) electrons. The van der Waals surface area contributed by atoms with Gasteiger partial charge in [-0.15, -0.1) is 0 Å². The number of furan rings is 1. The first-order chi connectivity index (χ1) is 14.3. The quantitative estimate of drug-likeness (QED) is 0.537. The molecule has 0 spiro atoms. The van der Waals surface area contributed by atoms with Gasteiger partial charge in [-0.1, -0.05) is 0 Å². The lowest BCUT2D eigenvalue weighted by Crippen LogP contribution is -2.23. The Balaban J connectivity index is 1.75. The minimum absolute atomic E-state index is 0.0924. The molecule has 154 valence electrons. The highest BCUT2D eigenvalue weighted by Gasteiger charge is 2.21. The lowest BCUT2D eigenvalue weighted by atomic mass is 10.2. The number of benzene rings is 1. The second-order valence-electron chi connectivity index (χ2n) is 6.46. The van der Waals surface area contributed by atoms with Gasteiger partial charge in [0.2, 0.25) is 0 Å². The molecule has 0 aliphatic rings. The van der Waals surface area contributed by atoms with E-state index in [1.807, 2.05) is 6.92 Å². The van der Waals surface area contributed by atoms with E-state index in [1.54, 1.807) is 23.6 Å². The summed E-state index contributed by atoms with van der Waals surface area (Å²) in [6, 6.07) is 9.14. The monoisotopic (exact) mass is 473 g/mol. The normalized spacial score (nSPS) is 10.5. The molecule has 3 rings (SSSR count). The fraction of sp³-hybridized carbons (Fsp3) is 0.190. The number of anilines is 1. The van der Waals surface area contributed by atoms with Crippen LogP contribution in [0.1, 0.15) is 32.9 Å². The Hall–Kier alpha value is -3.38.